The Labute approximate surface area is 106 Å². The number of rotatable bonds is 2. The number of oxazole rings is 1. The summed E-state index contributed by atoms with van der Waals surface area (Å²) < 4.78 is 6.46. The fraction of sp³-hybridized carbons (Fsp3) is 0.167. The predicted octanol–water partition coefficient (Wildman–Crippen LogP) is 0.274. The Kier molecular flexibility index (Phi) is 2.42. The molecule has 0 radical (unpaired) electrons. The number of H-pyrrole nitrogens is 2. The summed E-state index contributed by atoms with van der Waals surface area (Å²) in [6.45, 7) is 0.135. The van der Waals surface area contributed by atoms with Gasteiger partial charge in [0.2, 0.25) is 0 Å². The van der Waals surface area contributed by atoms with Gasteiger partial charge in [-0.05, 0) is 18.2 Å². The van der Waals surface area contributed by atoms with Crippen LogP contribution in [0.15, 0.2) is 32.2 Å². The van der Waals surface area contributed by atoms with Crippen LogP contribution in [0.25, 0.3) is 22.4 Å². The molecular formula is C12H12N4O3. The Morgan fingerprint density at radius 2 is 2.11 bits per heavy atom. The molecule has 0 aliphatic carbocycles. The topological polar surface area (TPSA) is 110 Å². The van der Waals surface area contributed by atoms with Gasteiger partial charge in [0.25, 0.3) is 5.56 Å². The van der Waals surface area contributed by atoms with E-state index in [0.717, 1.165) is 5.56 Å². The molecule has 0 saturated heterocycles. The molecular weight excluding hydrogens is 248 g/mol. The monoisotopic (exact) mass is 260 g/mol. The third-order valence-corrected chi connectivity index (χ3v) is 3.16. The van der Waals surface area contributed by atoms with E-state index in [1.807, 2.05) is 0 Å². The average Bonchev–Trinajstić information content (AvgIpc) is 2.91. The molecule has 0 aliphatic heterocycles. The number of aromatic amines is 2. The number of fused-ring (bicyclic) bond motifs is 1. The zero-order valence-electron chi connectivity index (χ0n) is 10.2. The minimum Gasteiger partial charge on any atom is -0.408 e. The molecule has 0 atom stereocenters. The van der Waals surface area contributed by atoms with E-state index in [1.165, 1.54) is 4.57 Å². The number of benzene rings is 1. The van der Waals surface area contributed by atoms with Crippen LogP contribution in [0.2, 0.25) is 0 Å². The van der Waals surface area contributed by atoms with Gasteiger partial charge >= 0.3 is 5.76 Å². The second kappa shape index (κ2) is 3.99. The molecule has 2 aromatic heterocycles. The second-order valence-electron chi connectivity index (χ2n) is 4.25. The van der Waals surface area contributed by atoms with Gasteiger partial charge in [0.05, 0.1) is 16.8 Å². The van der Waals surface area contributed by atoms with E-state index in [0.29, 0.717) is 22.4 Å². The molecule has 0 unspecified atom stereocenters. The highest BCUT2D eigenvalue weighted by atomic mass is 16.4. The van der Waals surface area contributed by atoms with Crippen molar-refractivity contribution in [3.05, 3.63) is 44.7 Å². The van der Waals surface area contributed by atoms with E-state index in [-0.39, 0.29) is 12.1 Å². The lowest BCUT2D eigenvalue weighted by Crippen LogP contribution is -2.10. The number of hydrogen-bond donors (Lipinski definition) is 3. The first kappa shape index (κ1) is 11.5. The summed E-state index contributed by atoms with van der Waals surface area (Å²) in [5, 5.41) is 5.30. The normalized spacial score (nSPS) is 11.3. The lowest BCUT2D eigenvalue weighted by atomic mass is 10.1. The zero-order valence-corrected chi connectivity index (χ0v) is 10.2. The minimum absolute atomic E-state index is 0.135. The van der Waals surface area contributed by atoms with Crippen molar-refractivity contribution in [1.82, 2.24) is 14.8 Å². The van der Waals surface area contributed by atoms with E-state index in [9.17, 15) is 9.59 Å². The van der Waals surface area contributed by atoms with Crippen LogP contribution in [-0.4, -0.2) is 14.8 Å². The highest BCUT2D eigenvalue weighted by Gasteiger charge is 2.13. The Bertz CT molecular complexity index is 865. The van der Waals surface area contributed by atoms with E-state index < -0.39 is 5.76 Å². The van der Waals surface area contributed by atoms with Crippen LogP contribution in [0, 0.1) is 0 Å². The Hall–Kier alpha value is -2.54. The van der Waals surface area contributed by atoms with Crippen LogP contribution in [0.1, 0.15) is 5.56 Å². The molecule has 0 aliphatic rings. The lowest BCUT2D eigenvalue weighted by Gasteiger charge is -2.01. The van der Waals surface area contributed by atoms with Gasteiger partial charge in [0, 0.05) is 19.2 Å². The molecule has 0 spiro atoms. The first-order valence-corrected chi connectivity index (χ1v) is 5.71. The summed E-state index contributed by atoms with van der Waals surface area (Å²) in [5.74, 6) is -0.422. The largest absolute Gasteiger partial charge is 0.419 e. The second-order valence-corrected chi connectivity index (χ2v) is 4.25. The molecule has 4 N–H and O–H groups in total. The van der Waals surface area contributed by atoms with Crippen LogP contribution in [0.4, 0.5) is 0 Å². The van der Waals surface area contributed by atoms with Gasteiger partial charge in [-0.1, -0.05) is 0 Å². The molecule has 98 valence electrons. The first-order chi connectivity index (χ1) is 9.11. The van der Waals surface area contributed by atoms with Gasteiger partial charge in [-0.3, -0.25) is 19.6 Å². The van der Waals surface area contributed by atoms with Crippen molar-refractivity contribution in [3.8, 4) is 11.3 Å². The van der Waals surface area contributed by atoms with Crippen molar-refractivity contribution in [2.45, 2.75) is 6.54 Å². The summed E-state index contributed by atoms with van der Waals surface area (Å²) in [4.78, 5) is 23.0. The number of nitrogens with one attached hydrogen (secondary N) is 2. The highest BCUT2D eigenvalue weighted by molar-refractivity contribution is 5.80. The van der Waals surface area contributed by atoms with Gasteiger partial charge in [-0.15, -0.1) is 0 Å². The van der Waals surface area contributed by atoms with Crippen molar-refractivity contribution in [2.24, 2.45) is 12.8 Å². The predicted molar refractivity (Wildman–Crippen MR) is 69.8 cm³/mol. The van der Waals surface area contributed by atoms with Gasteiger partial charge in [-0.25, -0.2) is 4.79 Å². The smallest absolute Gasteiger partial charge is 0.408 e. The number of aryl methyl sites for hydroxylation is 1. The van der Waals surface area contributed by atoms with Crippen molar-refractivity contribution >= 4 is 11.1 Å². The third-order valence-electron chi connectivity index (χ3n) is 3.16. The maximum absolute atomic E-state index is 11.5. The maximum Gasteiger partial charge on any atom is 0.419 e. The average molecular weight is 260 g/mol. The maximum atomic E-state index is 11.5. The Morgan fingerprint density at radius 3 is 2.84 bits per heavy atom. The van der Waals surface area contributed by atoms with Crippen molar-refractivity contribution in [1.29, 1.82) is 0 Å². The van der Waals surface area contributed by atoms with Crippen LogP contribution < -0.4 is 17.0 Å². The van der Waals surface area contributed by atoms with Crippen molar-refractivity contribution in [2.75, 3.05) is 0 Å². The fourth-order valence-corrected chi connectivity index (χ4v) is 2.11. The standard InChI is InChI=1S/C12H12N4O3/c1-16-8-4-6(2-3-9(8)19-12(16)18)10-7(5-13)11(17)15-14-10/h2-4H,5,13H2,1H3,(H2,14,15,17). The minimum atomic E-state index is -0.422. The number of nitrogens with zero attached hydrogens (tertiary/aromatic N) is 1. The SMILES string of the molecule is Cn1c(=O)oc2ccc(-c3[nH][nH]c(=O)c3CN)cc21. The summed E-state index contributed by atoms with van der Waals surface area (Å²) in [5.41, 5.74) is 8.37. The molecule has 7 heteroatoms. The zero-order chi connectivity index (χ0) is 13.6. The van der Waals surface area contributed by atoms with Gasteiger partial charge in [0.15, 0.2) is 5.58 Å². The third kappa shape index (κ3) is 1.63. The van der Waals surface area contributed by atoms with E-state index in [1.54, 1.807) is 25.2 Å². The molecule has 0 bridgehead atoms. The van der Waals surface area contributed by atoms with Crippen molar-refractivity contribution < 1.29 is 4.42 Å². The van der Waals surface area contributed by atoms with Crippen LogP contribution in [-0.2, 0) is 13.6 Å². The number of nitrogens with two attached hydrogens (primary N) is 1. The van der Waals surface area contributed by atoms with E-state index >= 15 is 0 Å². The van der Waals surface area contributed by atoms with Crippen LogP contribution in [0.3, 0.4) is 0 Å². The summed E-state index contributed by atoms with van der Waals surface area (Å²) in [6.07, 6.45) is 0. The van der Waals surface area contributed by atoms with Crippen LogP contribution >= 0.6 is 0 Å². The molecule has 3 aromatic rings. The molecule has 3 rings (SSSR count). The van der Waals surface area contributed by atoms with E-state index in [2.05, 4.69) is 10.2 Å². The summed E-state index contributed by atoms with van der Waals surface area (Å²) in [7, 11) is 1.63. The van der Waals surface area contributed by atoms with Gasteiger partial charge in [-0.2, -0.15) is 0 Å². The molecule has 7 nitrogen and oxygen atoms in total. The van der Waals surface area contributed by atoms with Gasteiger partial charge < -0.3 is 10.2 Å². The number of hydrogen-bond acceptors (Lipinski definition) is 4. The summed E-state index contributed by atoms with van der Waals surface area (Å²) >= 11 is 0. The Balaban J connectivity index is 2.28. The molecule has 1 aromatic carbocycles. The molecule has 2 heterocycles. The molecule has 19 heavy (non-hydrogen) atoms. The highest BCUT2D eigenvalue weighted by Crippen LogP contribution is 2.23. The molecule has 0 fully saturated rings. The summed E-state index contributed by atoms with van der Waals surface area (Å²) in [6, 6.07) is 5.24. The molecule has 0 amide bonds. The quantitative estimate of drug-likeness (QED) is 0.614. The molecule has 0 saturated carbocycles. The number of aromatic nitrogens is 3. The fourth-order valence-electron chi connectivity index (χ4n) is 2.11. The van der Waals surface area contributed by atoms with E-state index in [4.69, 9.17) is 10.2 Å². The van der Waals surface area contributed by atoms with Crippen molar-refractivity contribution in [3.63, 3.8) is 0 Å². The van der Waals surface area contributed by atoms with Crippen LogP contribution in [0.5, 0.6) is 0 Å². The van der Waals surface area contributed by atoms with Gasteiger partial charge in [0.1, 0.15) is 0 Å². The lowest BCUT2D eigenvalue weighted by molar-refractivity contribution is 0.528. The Morgan fingerprint density at radius 1 is 1.32 bits per heavy atom. The first-order valence-electron chi connectivity index (χ1n) is 5.71.